The van der Waals surface area contributed by atoms with E-state index in [0.717, 1.165) is 5.56 Å². The third-order valence-corrected chi connectivity index (χ3v) is 6.87. The van der Waals surface area contributed by atoms with Crippen molar-refractivity contribution in [3.05, 3.63) is 59.4 Å². The zero-order chi connectivity index (χ0) is 18.6. The van der Waals surface area contributed by atoms with Gasteiger partial charge in [0.25, 0.3) is 0 Å². The Balaban J connectivity index is 1.61. The molecule has 1 aliphatic heterocycles. The summed E-state index contributed by atoms with van der Waals surface area (Å²) >= 11 is 5.98. The molecular weight excluding hydrogens is 372 g/mol. The molecule has 0 saturated carbocycles. The quantitative estimate of drug-likeness (QED) is 0.785. The highest BCUT2D eigenvalue weighted by molar-refractivity contribution is 7.91. The number of nitrogens with zero attached hydrogens (tertiary/aromatic N) is 1. The van der Waals surface area contributed by atoms with Crippen LogP contribution in [-0.4, -0.2) is 36.9 Å². The van der Waals surface area contributed by atoms with E-state index in [0.29, 0.717) is 31.0 Å². The summed E-state index contributed by atoms with van der Waals surface area (Å²) in [6.07, 6.45) is 4.93. The molecule has 26 heavy (non-hydrogen) atoms. The molecule has 1 aliphatic rings. The monoisotopic (exact) mass is 394 g/mol. The summed E-state index contributed by atoms with van der Waals surface area (Å²) in [6, 6.07) is 11.5. The van der Waals surface area contributed by atoms with Crippen molar-refractivity contribution in [2.24, 2.45) is 5.92 Å². The first-order valence-corrected chi connectivity index (χ1v) is 10.9. The normalized spacial score (nSPS) is 20.0. The molecule has 1 aromatic carbocycles. The van der Waals surface area contributed by atoms with Crippen molar-refractivity contribution in [1.82, 2.24) is 9.88 Å². The lowest BCUT2D eigenvalue weighted by atomic mass is 9.95. The Hall–Kier alpha value is -1.79. The van der Waals surface area contributed by atoms with E-state index in [1.54, 1.807) is 0 Å². The van der Waals surface area contributed by atoms with E-state index in [-0.39, 0.29) is 29.2 Å². The van der Waals surface area contributed by atoms with Crippen molar-refractivity contribution < 1.29 is 13.2 Å². The molecule has 2 heterocycles. The Bertz CT molecular complexity index is 832. The number of benzene rings is 1. The van der Waals surface area contributed by atoms with E-state index < -0.39 is 9.84 Å². The van der Waals surface area contributed by atoms with Crippen LogP contribution in [0.2, 0.25) is 5.02 Å². The fourth-order valence-electron chi connectivity index (χ4n) is 3.36. The first-order valence-electron chi connectivity index (χ1n) is 8.74. The maximum atomic E-state index is 12.4. The topological polar surface area (TPSA) is 68.2 Å². The molecule has 1 amide bonds. The van der Waals surface area contributed by atoms with Crippen LogP contribution in [0.3, 0.4) is 0 Å². The van der Waals surface area contributed by atoms with Gasteiger partial charge in [-0.15, -0.1) is 0 Å². The van der Waals surface area contributed by atoms with Crippen molar-refractivity contribution >= 4 is 27.3 Å². The second-order valence-electron chi connectivity index (χ2n) is 6.91. The van der Waals surface area contributed by atoms with E-state index in [1.807, 2.05) is 48.8 Å². The third kappa shape index (κ3) is 5.35. The largest absolute Gasteiger partial charge is 0.356 e. The molecule has 7 heteroatoms. The molecule has 0 aliphatic carbocycles. The van der Waals surface area contributed by atoms with Crippen molar-refractivity contribution in [3.63, 3.8) is 0 Å². The number of halogens is 1. The Morgan fingerprint density at radius 1 is 1.23 bits per heavy atom. The number of rotatable bonds is 7. The second-order valence-corrected chi connectivity index (χ2v) is 9.57. The minimum Gasteiger partial charge on any atom is -0.356 e. The zero-order valence-electron chi connectivity index (χ0n) is 14.5. The molecule has 2 aromatic rings. The summed E-state index contributed by atoms with van der Waals surface area (Å²) in [7, 11) is -2.91. The van der Waals surface area contributed by atoms with Crippen molar-refractivity contribution in [1.29, 1.82) is 0 Å². The highest BCUT2D eigenvalue weighted by atomic mass is 35.5. The molecule has 3 rings (SSSR count). The van der Waals surface area contributed by atoms with Crippen LogP contribution in [0.15, 0.2) is 48.8 Å². The minimum absolute atomic E-state index is 0.0203. The van der Waals surface area contributed by atoms with Gasteiger partial charge in [0, 0.05) is 42.8 Å². The van der Waals surface area contributed by atoms with Gasteiger partial charge < -0.3 is 9.88 Å². The summed E-state index contributed by atoms with van der Waals surface area (Å²) in [6.45, 7) is 1.12. The highest BCUT2D eigenvalue weighted by Gasteiger charge is 2.28. The zero-order valence-corrected chi connectivity index (χ0v) is 16.0. The summed E-state index contributed by atoms with van der Waals surface area (Å²) < 4.78 is 25.1. The van der Waals surface area contributed by atoms with Gasteiger partial charge in [-0.05, 0) is 42.2 Å². The smallest absolute Gasteiger partial charge is 0.220 e. The number of nitrogens with one attached hydrogen (secondary N) is 1. The van der Waals surface area contributed by atoms with Gasteiger partial charge in [-0.3, -0.25) is 4.79 Å². The molecule has 0 bridgehead atoms. The fourth-order valence-corrected chi connectivity index (χ4v) is 5.34. The molecule has 2 atom stereocenters. The number of hydrogen-bond acceptors (Lipinski definition) is 3. The SMILES string of the molecule is O=C(C[C@@H](Cn1cccc1)c1ccc(Cl)cc1)NC[C@H]1CCS(=O)(=O)C1. The summed E-state index contributed by atoms with van der Waals surface area (Å²) in [5, 5.41) is 3.58. The highest BCUT2D eigenvalue weighted by Crippen LogP contribution is 2.24. The number of sulfone groups is 1. The van der Waals surface area contributed by atoms with E-state index >= 15 is 0 Å². The lowest BCUT2D eigenvalue weighted by Crippen LogP contribution is -2.31. The standard InChI is InChI=1S/C19H23ClN2O3S/c20-18-5-3-16(4-6-18)17(13-22-8-1-2-9-22)11-19(23)21-12-15-7-10-26(24,25)14-15/h1-6,8-9,15,17H,7,10-14H2,(H,21,23)/t15-,17+/m1/s1. The molecule has 1 aromatic heterocycles. The van der Waals surface area contributed by atoms with Crippen LogP contribution in [0, 0.1) is 5.92 Å². The van der Waals surface area contributed by atoms with E-state index in [4.69, 9.17) is 11.6 Å². The van der Waals surface area contributed by atoms with Gasteiger partial charge in [-0.2, -0.15) is 0 Å². The van der Waals surface area contributed by atoms with Crippen LogP contribution in [0.1, 0.15) is 24.3 Å². The Kier molecular flexibility index (Phi) is 6.04. The van der Waals surface area contributed by atoms with Gasteiger partial charge >= 0.3 is 0 Å². The third-order valence-electron chi connectivity index (χ3n) is 4.79. The maximum absolute atomic E-state index is 12.4. The average Bonchev–Trinajstić information content (AvgIpc) is 3.22. The number of carbonyl (C=O) groups is 1. The van der Waals surface area contributed by atoms with Crippen molar-refractivity contribution in [3.8, 4) is 0 Å². The summed E-state index contributed by atoms with van der Waals surface area (Å²) in [4.78, 5) is 12.4. The van der Waals surface area contributed by atoms with Gasteiger partial charge in [-0.25, -0.2) is 8.42 Å². The van der Waals surface area contributed by atoms with Crippen LogP contribution < -0.4 is 5.32 Å². The molecule has 140 valence electrons. The summed E-state index contributed by atoms with van der Waals surface area (Å²) in [5.74, 6) is 0.405. The fraction of sp³-hybridized carbons (Fsp3) is 0.421. The van der Waals surface area contributed by atoms with E-state index in [1.165, 1.54) is 0 Å². The van der Waals surface area contributed by atoms with E-state index in [9.17, 15) is 13.2 Å². The Morgan fingerprint density at radius 3 is 2.54 bits per heavy atom. The number of carbonyl (C=O) groups excluding carboxylic acids is 1. The molecule has 1 saturated heterocycles. The lowest BCUT2D eigenvalue weighted by Gasteiger charge is -2.19. The van der Waals surface area contributed by atoms with Gasteiger partial charge in [0.15, 0.2) is 9.84 Å². The van der Waals surface area contributed by atoms with Crippen molar-refractivity contribution in [2.45, 2.75) is 25.3 Å². The first-order chi connectivity index (χ1) is 12.4. The van der Waals surface area contributed by atoms with Gasteiger partial charge in [0.1, 0.15) is 0 Å². The van der Waals surface area contributed by atoms with Crippen LogP contribution in [0.25, 0.3) is 0 Å². The molecular formula is C19H23ClN2O3S. The van der Waals surface area contributed by atoms with Crippen LogP contribution in [-0.2, 0) is 21.2 Å². The summed E-state index contributed by atoms with van der Waals surface area (Å²) in [5.41, 5.74) is 1.06. The maximum Gasteiger partial charge on any atom is 0.220 e. The number of aromatic nitrogens is 1. The van der Waals surface area contributed by atoms with Crippen LogP contribution >= 0.6 is 11.6 Å². The second kappa shape index (κ2) is 8.27. The Labute approximate surface area is 159 Å². The molecule has 1 N–H and O–H groups in total. The van der Waals surface area contributed by atoms with Crippen LogP contribution in [0.5, 0.6) is 0 Å². The molecule has 0 spiro atoms. The number of hydrogen-bond donors (Lipinski definition) is 1. The lowest BCUT2D eigenvalue weighted by molar-refractivity contribution is -0.121. The van der Waals surface area contributed by atoms with Gasteiger partial charge in [0.2, 0.25) is 5.91 Å². The number of amides is 1. The van der Waals surface area contributed by atoms with Crippen molar-refractivity contribution in [2.75, 3.05) is 18.1 Å². The molecule has 5 nitrogen and oxygen atoms in total. The van der Waals surface area contributed by atoms with Gasteiger partial charge in [0.05, 0.1) is 11.5 Å². The predicted octanol–water partition coefficient (Wildman–Crippen LogP) is 2.87. The first kappa shape index (κ1) is 19.0. The molecule has 0 radical (unpaired) electrons. The molecule has 0 unspecified atom stereocenters. The van der Waals surface area contributed by atoms with Crippen LogP contribution in [0.4, 0.5) is 0 Å². The predicted molar refractivity (Wildman–Crippen MR) is 103 cm³/mol. The average molecular weight is 395 g/mol. The van der Waals surface area contributed by atoms with E-state index in [2.05, 4.69) is 9.88 Å². The molecule has 1 fully saturated rings. The minimum atomic E-state index is -2.91. The van der Waals surface area contributed by atoms with Gasteiger partial charge in [-0.1, -0.05) is 23.7 Å². The Morgan fingerprint density at radius 2 is 1.92 bits per heavy atom.